The van der Waals surface area contributed by atoms with Crippen molar-refractivity contribution in [2.24, 2.45) is 0 Å². The lowest BCUT2D eigenvalue weighted by Crippen LogP contribution is -2.55. The zero-order valence-electron chi connectivity index (χ0n) is 13.5. The van der Waals surface area contributed by atoms with Gasteiger partial charge in [0.25, 0.3) is 0 Å². The number of halogens is 2. The van der Waals surface area contributed by atoms with Crippen LogP contribution in [-0.4, -0.2) is 30.1 Å². The molecule has 1 N–H and O–H groups in total. The first-order valence-electron chi connectivity index (χ1n) is 8.04. The van der Waals surface area contributed by atoms with E-state index in [0.717, 1.165) is 24.2 Å². The highest BCUT2D eigenvalue weighted by molar-refractivity contribution is 5.32. The molecule has 0 aromatic heterocycles. The Hall–Kier alpha value is -1.78. The van der Waals surface area contributed by atoms with Crippen molar-refractivity contribution in [2.45, 2.75) is 32.0 Å². The van der Waals surface area contributed by atoms with Gasteiger partial charge in [0.1, 0.15) is 11.6 Å². The Bertz CT molecular complexity index is 594. The zero-order chi connectivity index (χ0) is 16.4. The second-order valence-electron chi connectivity index (χ2n) is 6.36. The fraction of sp³-hybridized carbons (Fsp3) is 0.368. The summed E-state index contributed by atoms with van der Waals surface area (Å²) in [6.45, 7) is 6.13. The van der Waals surface area contributed by atoms with Gasteiger partial charge in [-0.1, -0.05) is 24.3 Å². The Morgan fingerprint density at radius 1 is 0.913 bits per heavy atom. The molecule has 0 amide bonds. The number of nitrogens with one attached hydrogen (secondary N) is 1. The molecule has 0 spiro atoms. The van der Waals surface area contributed by atoms with E-state index >= 15 is 0 Å². The van der Waals surface area contributed by atoms with Gasteiger partial charge in [-0.2, -0.15) is 0 Å². The second kappa shape index (κ2) is 6.77. The van der Waals surface area contributed by atoms with Crippen LogP contribution in [-0.2, 0) is 0 Å². The Kier molecular flexibility index (Phi) is 4.74. The summed E-state index contributed by atoms with van der Waals surface area (Å²) < 4.78 is 26.6. The summed E-state index contributed by atoms with van der Waals surface area (Å²) in [4.78, 5) is 2.40. The van der Waals surface area contributed by atoms with Crippen molar-refractivity contribution in [2.75, 3.05) is 13.1 Å². The number of benzene rings is 2. The van der Waals surface area contributed by atoms with Crippen molar-refractivity contribution in [3.8, 4) is 0 Å². The Balaban J connectivity index is 2.01. The van der Waals surface area contributed by atoms with Gasteiger partial charge in [0, 0.05) is 25.2 Å². The number of hydrogen-bond acceptors (Lipinski definition) is 2. The predicted octanol–water partition coefficient (Wildman–Crippen LogP) is 3.74. The minimum absolute atomic E-state index is 0.00394. The second-order valence-corrected chi connectivity index (χ2v) is 6.36. The van der Waals surface area contributed by atoms with E-state index in [1.807, 2.05) is 24.3 Å². The van der Waals surface area contributed by atoms with Crippen LogP contribution in [0.1, 0.15) is 31.0 Å². The standard InChI is InChI=1S/C19H22F2N2/c1-13-12-23(14(2)11-22-13)19(15-3-7-17(20)8-4-15)16-5-9-18(21)10-6-16/h3-10,13-14,19,22H,11-12H2,1-2H3/t13-,14+/m0/s1. The topological polar surface area (TPSA) is 15.3 Å². The summed E-state index contributed by atoms with van der Waals surface area (Å²) in [6.07, 6.45) is 0. The van der Waals surface area contributed by atoms with Gasteiger partial charge in [0.05, 0.1) is 6.04 Å². The largest absolute Gasteiger partial charge is 0.311 e. The van der Waals surface area contributed by atoms with Gasteiger partial charge in [0.2, 0.25) is 0 Å². The van der Waals surface area contributed by atoms with E-state index in [1.165, 1.54) is 24.3 Å². The summed E-state index contributed by atoms with van der Waals surface area (Å²) >= 11 is 0. The van der Waals surface area contributed by atoms with Crippen molar-refractivity contribution in [3.63, 3.8) is 0 Å². The molecule has 0 saturated carbocycles. The van der Waals surface area contributed by atoms with E-state index in [-0.39, 0.29) is 17.7 Å². The molecular formula is C19H22F2N2. The summed E-state index contributed by atoms with van der Waals surface area (Å²) in [5, 5.41) is 3.48. The molecule has 0 aliphatic carbocycles. The number of hydrogen-bond donors (Lipinski definition) is 1. The molecule has 1 aliphatic rings. The Morgan fingerprint density at radius 3 is 1.87 bits per heavy atom. The normalized spacial score (nSPS) is 22.5. The fourth-order valence-corrected chi connectivity index (χ4v) is 3.28. The first-order chi connectivity index (χ1) is 11.0. The first-order valence-corrected chi connectivity index (χ1v) is 8.04. The smallest absolute Gasteiger partial charge is 0.123 e. The monoisotopic (exact) mass is 316 g/mol. The lowest BCUT2D eigenvalue weighted by atomic mass is 9.94. The summed E-state index contributed by atoms with van der Waals surface area (Å²) in [5.41, 5.74) is 2.05. The molecule has 122 valence electrons. The van der Waals surface area contributed by atoms with E-state index in [2.05, 4.69) is 24.1 Å². The number of piperazine rings is 1. The third-order valence-electron chi connectivity index (χ3n) is 4.52. The van der Waals surface area contributed by atoms with Gasteiger partial charge in [-0.05, 0) is 49.2 Å². The highest BCUT2D eigenvalue weighted by Gasteiger charge is 2.30. The van der Waals surface area contributed by atoms with Crippen molar-refractivity contribution in [1.29, 1.82) is 0 Å². The van der Waals surface area contributed by atoms with E-state index in [0.29, 0.717) is 12.1 Å². The maximum Gasteiger partial charge on any atom is 0.123 e. The maximum atomic E-state index is 13.3. The molecule has 2 atom stereocenters. The highest BCUT2D eigenvalue weighted by atomic mass is 19.1. The van der Waals surface area contributed by atoms with Crippen LogP contribution in [0.25, 0.3) is 0 Å². The first kappa shape index (κ1) is 16.1. The van der Waals surface area contributed by atoms with Gasteiger partial charge < -0.3 is 5.32 Å². The van der Waals surface area contributed by atoms with Crippen LogP contribution >= 0.6 is 0 Å². The Labute approximate surface area is 136 Å². The van der Waals surface area contributed by atoms with Gasteiger partial charge >= 0.3 is 0 Å². The van der Waals surface area contributed by atoms with Crippen LogP contribution in [0.5, 0.6) is 0 Å². The van der Waals surface area contributed by atoms with Gasteiger partial charge in [-0.15, -0.1) is 0 Å². The van der Waals surface area contributed by atoms with Crippen LogP contribution in [0.2, 0.25) is 0 Å². The molecule has 2 aromatic carbocycles. The molecule has 0 radical (unpaired) electrons. The SMILES string of the molecule is C[C@@H]1CN[C@@H](C)CN1C(c1ccc(F)cc1)c1ccc(F)cc1. The molecule has 1 saturated heterocycles. The van der Waals surface area contributed by atoms with Crippen LogP contribution in [0.4, 0.5) is 8.78 Å². The minimum atomic E-state index is -0.242. The molecule has 3 rings (SSSR count). The molecular weight excluding hydrogens is 294 g/mol. The quantitative estimate of drug-likeness (QED) is 0.928. The molecule has 0 unspecified atom stereocenters. The minimum Gasteiger partial charge on any atom is -0.311 e. The average molecular weight is 316 g/mol. The Morgan fingerprint density at radius 2 is 1.39 bits per heavy atom. The summed E-state index contributed by atoms with van der Waals surface area (Å²) in [5.74, 6) is -0.485. The van der Waals surface area contributed by atoms with E-state index in [1.54, 1.807) is 0 Å². The number of nitrogens with zero attached hydrogens (tertiary/aromatic N) is 1. The molecule has 2 nitrogen and oxygen atoms in total. The van der Waals surface area contributed by atoms with Gasteiger partial charge in [-0.25, -0.2) is 8.78 Å². The van der Waals surface area contributed by atoms with E-state index in [9.17, 15) is 8.78 Å². The third-order valence-corrected chi connectivity index (χ3v) is 4.52. The van der Waals surface area contributed by atoms with Crippen molar-refractivity contribution in [3.05, 3.63) is 71.3 Å². The molecule has 1 heterocycles. The van der Waals surface area contributed by atoms with Crippen molar-refractivity contribution in [1.82, 2.24) is 10.2 Å². The molecule has 23 heavy (non-hydrogen) atoms. The number of rotatable bonds is 3. The summed E-state index contributed by atoms with van der Waals surface area (Å²) in [6, 6.07) is 14.0. The van der Waals surface area contributed by atoms with Crippen LogP contribution in [0.3, 0.4) is 0 Å². The van der Waals surface area contributed by atoms with Gasteiger partial charge in [-0.3, -0.25) is 4.90 Å². The molecule has 1 aliphatic heterocycles. The zero-order valence-corrected chi connectivity index (χ0v) is 13.5. The molecule has 1 fully saturated rings. The van der Waals surface area contributed by atoms with Crippen LogP contribution < -0.4 is 5.32 Å². The van der Waals surface area contributed by atoms with E-state index in [4.69, 9.17) is 0 Å². The maximum absolute atomic E-state index is 13.3. The lowest BCUT2D eigenvalue weighted by Gasteiger charge is -2.43. The predicted molar refractivity (Wildman–Crippen MR) is 88.3 cm³/mol. The highest BCUT2D eigenvalue weighted by Crippen LogP contribution is 2.31. The summed E-state index contributed by atoms with van der Waals surface area (Å²) in [7, 11) is 0. The lowest BCUT2D eigenvalue weighted by molar-refractivity contribution is 0.113. The van der Waals surface area contributed by atoms with Crippen molar-refractivity contribution < 1.29 is 8.78 Å². The van der Waals surface area contributed by atoms with Crippen LogP contribution in [0.15, 0.2) is 48.5 Å². The average Bonchev–Trinajstić information content (AvgIpc) is 2.54. The molecule has 2 aromatic rings. The van der Waals surface area contributed by atoms with Crippen LogP contribution in [0, 0.1) is 11.6 Å². The fourth-order valence-electron chi connectivity index (χ4n) is 3.28. The molecule has 0 bridgehead atoms. The molecule has 4 heteroatoms. The van der Waals surface area contributed by atoms with Crippen molar-refractivity contribution >= 4 is 0 Å². The van der Waals surface area contributed by atoms with Gasteiger partial charge in [0.15, 0.2) is 0 Å². The third kappa shape index (κ3) is 3.59. The van der Waals surface area contributed by atoms with E-state index < -0.39 is 0 Å².